The second-order valence-corrected chi connectivity index (χ2v) is 6.86. The Kier molecular flexibility index (Phi) is 6.52. The Balaban J connectivity index is 1.32. The highest BCUT2D eigenvalue weighted by Gasteiger charge is 2.24. The van der Waals surface area contributed by atoms with Gasteiger partial charge < -0.3 is 19.4 Å². The molecule has 1 aromatic heterocycles. The van der Waals surface area contributed by atoms with E-state index in [2.05, 4.69) is 5.32 Å². The first-order valence-corrected chi connectivity index (χ1v) is 9.43. The van der Waals surface area contributed by atoms with Gasteiger partial charge in [-0.1, -0.05) is 18.2 Å². The van der Waals surface area contributed by atoms with Crippen LogP contribution in [0, 0.1) is 6.92 Å². The average Bonchev–Trinajstić information content (AvgIpc) is 3.21. The molecule has 6 heteroatoms. The SMILES string of the molecule is Cc1ccccc1OCCCC(=O)NC1CCN(C(=O)c2ccoc2)CC1. The van der Waals surface area contributed by atoms with Crippen LogP contribution in [0.3, 0.4) is 0 Å². The highest BCUT2D eigenvalue weighted by molar-refractivity contribution is 5.93. The van der Waals surface area contributed by atoms with E-state index in [0.29, 0.717) is 38.1 Å². The summed E-state index contributed by atoms with van der Waals surface area (Å²) in [6, 6.07) is 9.67. The molecule has 0 spiro atoms. The third kappa shape index (κ3) is 5.36. The van der Waals surface area contributed by atoms with Crippen LogP contribution in [0.1, 0.15) is 41.6 Å². The molecule has 0 unspecified atom stereocenters. The van der Waals surface area contributed by atoms with Gasteiger partial charge in [0.05, 0.1) is 18.4 Å². The number of benzene rings is 1. The molecule has 0 atom stereocenters. The number of para-hydroxylation sites is 1. The second kappa shape index (κ2) is 9.26. The molecule has 3 rings (SSSR count). The monoisotopic (exact) mass is 370 g/mol. The van der Waals surface area contributed by atoms with Gasteiger partial charge in [-0.15, -0.1) is 0 Å². The lowest BCUT2D eigenvalue weighted by Gasteiger charge is -2.32. The molecule has 1 N–H and O–H groups in total. The maximum absolute atomic E-state index is 12.3. The number of aryl methyl sites for hydroxylation is 1. The molecule has 1 fully saturated rings. The van der Waals surface area contributed by atoms with Crippen molar-refractivity contribution in [2.75, 3.05) is 19.7 Å². The van der Waals surface area contributed by atoms with Gasteiger partial charge in [-0.05, 0) is 43.9 Å². The van der Waals surface area contributed by atoms with Crippen LogP contribution >= 0.6 is 0 Å². The van der Waals surface area contributed by atoms with Crippen LogP contribution in [0.2, 0.25) is 0 Å². The van der Waals surface area contributed by atoms with E-state index < -0.39 is 0 Å². The van der Waals surface area contributed by atoms with E-state index in [1.54, 1.807) is 6.07 Å². The maximum Gasteiger partial charge on any atom is 0.257 e. The highest BCUT2D eigenvalue weighted by Crippen LogP contribution is 2.17. The number of likely N-dealkylation sites (tertiary alicyclic amines) is 1. The quantitative estimate of drug-likeness (QED) is 0.760. The van der Waals surface area contributed by atoms with E-state index >= 15 is 0 Å². The number of rotatable bonds is 7. The van der Waals surface area contributed by atoms with Crippen LogP contribution in [0.15, 0.2) is 47.3 Å². The van der Waals surface area contributed by atoms with Crippen LogP contribution in [-0.4, -0.2) is 42.5 Å². The molecular weight excluding hydrogens is 344 g/mol. The maximum atomic E-state index is 12.3. The Bertz CT molecular complexity index is 749. The number of hydrogen-bond acceptors (Lipinski definition) is 4. The summed E-state index contributed by atoms with van der Waals surface area (Å²) < 4.78 is 10.7. The van der Waals surface area contributed by atoms with E-state index in [1.165, 1.54) is 12.5 Å². The van der Waals surface area contributed by atoms with Gasteiger partial charge in [-0.2, -0.15) is 0 Å². The minimum absolute atomic E-state index is 0.0121. The highest BCUT2D eigenvalue weighted by atomic mass is 16.5. The zero-order valence-corrected chi connectivity index (χ0v) is 15.6. The number of furan rings is 1. The van der Waals surface area contributed by atoms with Gasteiger partial charge in [0, 0.05) is 25.6 Å². The number of nitrogens with zero attached hydrogens (tertiary/aromatic N) is 1. The van der Waals surface area contributed by atoms with Crippen molar-refractivity contribution in [2.24, 2.45) is 0 Å². The predicted octanol–water partition coefficient (Wildman–Crippen LogP) is 3.17. The zero-order chi connectivity index (χ0) is 19.1. The zero-order valence-electron chi connectivity index (χ0n) is 15.6. The molecule has 2 aromatic rings. The van der Waals surface area contributed by atoms with Crippen molar-refractivity contribution in [1.82, 2.24) is 10.2 Å². The summed E-state index contributed by atoms with van der Waals surface area (Å²) in [5, 5.41) is 3.07. The first-order chi connectivity index (χ1) is 13.1. The van der Waals surface area contributed by atoms with Crippen molar-refractivity contribution < 1.29 is 18.7 Å². The molecule has 6 nitrogen and oxygen atoms in total. The number of nitrogens with one attached hydrogen (secondary N) is 1. The number of carbonyl (C=O) groups is 2. The molecule has 1 aliphatic heterocycles. The molecule has 0 radical (unpaired) electrons. The fraction of sp³-hybridized carbons (Fsp3) is 0.429. The minimum Gasteiger partial charge on any atom is -0.493 e. The Hall–Kier alpha value is -2.76. The molecule has 0 bridgehead atoms. The van der Waals surface area contributed by atoms with Crippen molar-refractivity contribution in [3.8, 4) is 5.75 Å². The largest absolute Gasteiger partial charge is 0.493 e. The van der Waals surface area contributed by atoms with Gasteiger partial charge in [-0.3, -0.25) is 9.59 Å². The molecule has 2 amide bonds. The number of piperidine rings is 1. The standard InChI is InChI=1S/C21H26N2O4/c1-16-5-2-3-6-19(16)27-13-4-7-20(24)22-18-8-11-23(12-9-18)21(25)17-10-14-26-15-17/h2-3,5-6,10,14-15,18H,4,7-9,11-13H2,1H3,(H,22,24). The van der Waals surface area contributed by atoms with Crippen molar-refractivity contribution in [2.45, 2.75) is 38.6 Å². The topological polar surface area (TPSA) is 71.8 Å². The summed E-state index contributed by atoms with van der Waals surface area (Å²) in [6.45, 7) is 3.82. The van der Waals surface area contributed by atoms with Crippen LogP contribution in [0.5, 0.6) is 5.75 Å². The van der Waals surface area contributed by atoms with Crippen molar-refractivity contribution in [1.29, 1.82) is 0 Å². The van der Waals surface area contributed by atoms with Gasteiger partial charge in [0.25, 0.3) is 5.91 Å². The average molecular weight is 370 g/mol. The summed E-state index contributed by atoms with van der Waals surface area (Å²) >= 11 is 0. The van der Waals surface area contributed by atoms with Crippen LogP contribution in [-0.2, 0) is 4.79 Å². The lowest BCUT2D eigenvalue weighted by molar-refractivity contribution is -0.122. The molecule has 27 heavy (non-hydrogen) atoms. The fourth-order valence-electron chi connectivity index (χ4n) is 3.23. The van der Waals surface area contributed by atoms with Crippen molar-refractivity contribution >= 4 is 11.8 Å². The summed E-state index contributed by atoms with van der Waals surface area (Å²) in [4.78, 5) is 26.2. The number of hydrogen-bond donors (Lipinski definition) is 1. The van der Waals surface area contributed by atoms with E-state index in [1.807, 2.05) is 36.1 Å². The minimum atomic E-state index is -0.0121. The summed E-state index contributed by atoms with van der Waals surface area (Å²) in [6.07, 6.45) is 5.64. The summed E-state index contributed by atoms with van der Waals surface area (Å²) in [5.74, 6) is 0.900. The third-order valence-corrected chi connectivity index (χ3v) is 4.81. The number of ether oxygens (including phenoxy) is 1. The predicted molar refractivity (Wildman–Crippen MR) is 102 cm³/mol. The Morgan fingerprint density at radius 1 is 1.22 bits per heavy atom. The Morgan fingerprint density at radius 3 is 2.70 bits per heavy atom. The molecular formula is C21H26N2O4. The molecule has 2 heterocycles. The molecule has 144 valence electrons. The fourth-order valence-corrected chi connectivity index (χ4v) is 3.23. The third-order valence-electron chi connectivity index (χ3n) is 4.81. The van der Waals surface area contributed by atoms with Crippen LogP contribution in [0.25, 0.3) is 0 Å². The van der Waals surface area contributed by atoms with E-state index in [-0.39, 0.29) is 17.9 Å². The molecule has 0 saturated carbocycles. The molecule has 0 aliphatic carbocycles. The lowest BCUT2D eigenvalue weighted by atomic mass is 10.0. The van der Waals surface area contributed by atoms with Gasteiger partial charge in [0.15, 0.2) is 0 Å². The molecule has 1 aromatic carbocycles. The first kappa shape index (κ1) is 19.0. The number of amides is 2. The van der Waals surface area contributed by atoms with E-state index in [9.17, 15) is 9.59 Å². The molecule has 1 aliphatic rings. The van der Waals surface area contributed by atoms with Gasteiger partial charge >= 0.3 is 0 Å². The van der Waals surface area contributed by atoms with Crippen molar-refractivity contribution in [3.05, 3.63) is 54.0 Å². The summed E-state index contributed by atoms with van der Waals surface area (Å²) in [5.41, 5.74) is 1.67. The normalized spacial score (nSPS) is 14.8. The van der Waals surface area contributed by atoms with Crippen LogP contribution in [0.4, 0.5) is 0 Å². The van der Waals surface area contributed by atoms with Crippen molar-refractivity contribution in [3.63, 3.8) is 0 Å². The molecule has 1 saturated heterocycles. The Labute approximate surface area is 159 Å². The number of carbonyl (C=O) groups excluding carboxylic acids is 2. The first-order valence-electron chi connectivity index (χ1n) is 9.43. The summed E-state index contributed by atoms with van der Waals surface area (Å²) in [7, 11) is 0. The van der Waals surface area contributed by atoms with Gasteiger partial charge in [-0.25, -0.2) is 0 Å². The van der Waals surface area contributed by atoms with Gasteiger partial charge in [0.2, 0.25) is 5.91 Å². The van der Waals surface area contributed by atoms with Crippen LogP contribution < -0.4 is 10.1 Å². The van der Waals surface area contributed by atoms with E-state index in [0.717, 1.165) is 24.2 Å². The second-order valence-electron chi connectivity index (χ2n) is 6.86. The Morgan fingerprint density at radius 2 is 2.00 bits per heavy atom. The smallest absolute Gasteiger partial charge is 0.257 e. The lowest BCUT2D eigenvalue weighted by Crippen LogP contribution is -2.46. The van der Waals surface area contributed by atoms with Gasteiger partial charge in [0.1, 0.15) is 12.0 Å². The van der Waals surface area contributed by atoms with E-state index in [4.69, 9.17) is 9.15 Å².